The summed E-state index contributed by atoms with van der Waals surface area (Å²) >= 11 is 2.31. The molecule has 9 heteroatoms. The van der Waals surface area contributed by atoms with Crippen LogP contribution in [0.2, 0.25) is 0 Å². The fourth-order valence-electron chi connectivity index (χ4n) is 3.08. The molecule has 7 nitrogen and oxygen atoms in total. The van der Waals surface area contributed by atoms with Gasteiger partial charge in [-0.05, 0) is 45.9 Å². The molecule has 1 aromatic carbocycles. The van der Waals surface area contributed by atoms with Crippen LogP contribution in [0.3, 0.4) is 0 Å². The van der Waals surface area contributed by atoms with Gasteiger partial charge in [-0.3, -0.25) is 0 Å². The van der Waals surface area contributed by atoms with E-state index in [1.165, 1.54) is 5.56 Å². The highest BCUT2D eigenvalue weighted by Crippen LogP contribution is 2.31. The number of hydrogen-bond donors (Lipinski definition) is 2. The number of rotatable bonds is 4. The number of aromatic nitrogens is 4. The Balaban J connectivity index is 1.81. The van der Waals surface area contributed by atoms with Crippen LogP contribution in [-0.4, -0.2) is 32.7 Å². The molecule has 4 N–H and O–H groups in total. The van der Waals surface area contributed by atoms with Crippen molar-refractivity contribution in [1.29, 1.82) is 0 Å². The minimum absolute atomic E-state index is 0.0338. The molecule has 0 fully saturated rings. The zero-order valence-corrected chi connectivity index (χ0v) is 15.5. The number of anilines is 1. The molecule has 3 aromatic rings. The van der Waals surface area contributed by atoms with Crippen molar-refractivity contribution in [2.75, 3.05) is 18.9 Å². The first-order valence-corrected chi connectivity index (χ1v) is 8.97. The number of hydrogen-bond acceptors (Lipinski definition) is 6. The quantitative estimate of drug-likeness (QED) is 0.459. The second-order valence-corrected chi connectivity index (χ2v) is 7.01. The maximum Gasteiger partial charge on any atom is 0.312 e. The van der Waals surface area contributed by atoms with Crippen molar-refractivity contribution in [3.63, 3.8) is 0 Å². The molecule has 0 saturated carbocycles. The fourth-order valence-corrected chi connectivity index (χ4v) is 3.80. The fraction of sp³-hybridized carbons (Fsp3) is 0.312. The number of ether oxygens (including phenoxy) is 1. The minimum Gasteiger partial charge on any atom is -0.493 e. The summed E-state index contributed by atoms with van der Waals surface area (Å²) in [5.74, 6) is 1.68. The summed E-state index contributed by atoms with van der Waals surface area (Å²) in [6, 6.07) is 4.19. The lowest BCUT2D eigenvalue weighted by molar-refractivity contribution is 0.356. The normalized spacial score (nSPS) is 13.2. The van der Waals surface area contributed by atoms with Crippen molar-refractivity contribution < 1.29 is 9.13 Å². The van der Waals surface area contributed by atoms with E-state index in [0.717, 1.165) is 27.1 Å². The standard InChI is InChI=1S/C16H16FIN6O/c17-16-22-14(20)13-15(23-16)24(3-2-19)12(21-13)7-9-6-11-8(1-4-25-11)5-10(9)18/h5-6H,1-4,7,19H2,(H2,20,22,23). The highest BCUT2D eigenvalue weighted by molar-refractivity contribution is 14.1. The van der Waals surface area contributed by atoms with Gasteiger partial charge in [0.15, 0.2) is 17.0 Å². The lowest BCUT2D eigenvalue weighted by Crippen LogP contribution is -2.14. The van der Waals surface area contributed by atoms with Crippen molar-refractivity contribution in [1.82, 2.24) is 19.5 Å². The van der Waals surface area contributed by atoms with Crippen LogP contribution in [0, 0.1) is 9.65 Å². The lowest BCUT2D eigenvalue weighted by Gasteiger charge is -2.10. The van der Waals surface area contributed by atoms with E-state index < -0.39 is 6.08 Å². The Morgan fingerprint density at radius 1 is 1.28 bits per heavy atom. The Morgan fingerprint density at radius 2 is 2.12 bits per heavy atom. The Bertz CT molecular complexity index is 973. The lowest BCUT2D eigenvalue weighted by atomic mass is 10.1. The molecule has 25 heavy (non-hydrogen) atoms. The highest BCUT2D eigenvalue weighted by atomic mass is 127. The molecule has 0 bridgehead atoms. The first-order chi connectivity index (χ1) is 12.1. The molecule has 0 amide bonds. The number of nitrogens with zero attached hydrogens (tertiary/aromatic N) is 4. The summed E-state index contributed by atoms with van der Waals surface area (Å²) in [5.41, 5.74) is 14.6. The van der Waals surface area contributed by atoms with Gasteiger partial charge < -0.3 is 20.8 Å². The molecule has 0 aliphatic carbocycles. The first kappa shape index (κ1) is 16.5. The van der Waals surface area contributed by atoms with Gasteiger partial charge in [0, 0.05) is 29.5 Å². The van der Waals surface area contributed by atoms with Crippen LogP contribution in [0.25, 0.3) is 11.2 Å². The summed E-state index contributed by atoms with van der Waals surface area (Å²) in [7, 11) is 0. The predicted molar refractivity (Wildman–Crippen MR) is 99.9 cm³/mol. The van der Waals surface area contributed by atoms with E-state index in [1.807, 2.05) is 6.07 Å². The molecule has 0 atom stereocenters. The minimum atomic E-state index is -0.866. The largest absolute Gasteiger partial charge is 0.493 e. The average Bonchev–Trinajstić information content (AvgIpc) is 3.14. The van der Waals surface area contributed by atoms with Gasteiger partial charge in [-0.15, -0.1) is 0 Å². The molecule has 3 heterocycles. The Labute approximate surface area is 156 Å². The van der Waals surface area contributed by atoms with Gasteiger partial charge in [0.2, 0.25) is 0 Å². The molecule has 2 aromatic heterocycles. The van der Waals surface area contributed by atoms with E-state index in [2.05, 4.69) is 43.6 Å². The van der Waals surface area contributed by atoms with E-state index in [4.69, 9.17) is 16.2 Å². The van der Waals surface area contributed by atoms with Crippen LogP contribution in [0.4, 0.5) is 10.2 Å². The average molecular weight is 454 g/mol. The van der Waals surface area contributed by atoms with Crippen molar-refractivity contribution in [2.45, 2.75) is 19.4 Å². The first-order valence-electron chi connectivity index (χ1n) is 7.89. The van der Waals surface area contributed by atoms with Crippen molar-refractivity contribution in [3.8, 4) is 5.75 Å². The zero-order valence-electron chi connectivity index (χ0n) is 13.3. The summed E-state index contributed by atoms with van der Waals surface area (Å²) in [4.78, 5) is 12.0. The third kappa shape index (κ3) is 2.91. The number of halogens is 2. The molecule has 0 radical (unpaired) electrons. The maximum atomic E-state index is 13.6. The monoisotopic (exact) mass is 454 g/mol. The van der Waals surface area contributed by atoms with Gasteiger partial charge in [-0.1, -0.05) is 0 Å². The third-order valence-corrected chi connectivity index (χ3v) is 5.24. The van der Waals surface area contributed by atoms with E-state index in [-0.39, 0.29) is 5.82 Å². The highest BCUT2D eigenvalue weighted by Gasteiger charge is 2.20. The van der Waals surface area contributed by atoms with Crippen LogP contribution >= 0.6 is 22.6 Å². The van der Waals surface area contributed by atoms with Crippen molar-refractivity contribution in [3.05, 3.63) is 38.7 Å². The number of imidazole rings is 1. The van der Waals surface area contributed by atoms with Gasteiger partial charge in [0.05, 0.1) is 6.61 Å². The van der Waals surface area contributed by atoms with Gasteiger partial charge >= 0.3 is 6.08 Å². The van der Waals surface area contributed by atoms with Crippen molar-refractivity contribution in [2.24, 2.45) is 5.73 Å². The molecule has 0 saturated heterocycles. The molecule has 0 unspecified atom stereocenters. The summed E-state index contributed by atoms with van der Waals surface area (Å²) in [6.07, 6.45) is 0.616. The summed E-state index contributed by atoms with van der Waals surface area (Å²) in [5, 5.41) is 0. The summed E-state index contributed by atoms with van der Waals surface area (Å²) < 4.78 is 22.2. The molecule has 1 aliphatic heterocycles. The Morgan fingerprint density at radius 3 is 2.92 bits per heavy atom. The molecule has 130 valence electrons. The molecular formula is C16H16FIN6O. The van der Waals surface area contributed by atoms with Crippen molar-refractivity contribution >= 4 is 39.6 Å². The third-order valence-electron chi connectivity index (χ3n) is 4.23. The number of nitrogen functional groups attached to an aromatic ring is 1. The molecule has 0 spiro atoms. The van der Waals surface area contributed by atoms with Gasteiger partial charge in [0.25, 0.3) is 0 Å². The van der Waals surface area contributed by atoms with E-state index in [9.17, 15) is 4.39 Å². The topological polar surface area (TPSA) is 105 Å². The Hall–Kier alpha value is -2.01. The number of benzene rings is 1. The van der Waals surface area contributed by atoms with E-state index in [0.29, 0.717) is 37.3 Å². The molecular weight excluding hydrogens is 438 g/mol. The van der Waals surface area contributed by atoms with Crippen LogP contribution in [0.15, 0.2) is 12.1 Å². The second kappa shape index (κ2) is 6.37. The van der Waals surface area contributed by atoms with Gasteiger partial charge in [-0.2, -0.15) is 14.4 Å². The zero-order chi connectivity index (χ0) is 17.6. The molecule has 1 aliphatic rings. The second-order valence-electron chi connectivity index (χ2n) is 5.85. The smallest absolute Gasteiger partial charge is 0.312 e. The predicted octanol–water partition coefficient (Wildman–Crippen LogP) is 1.64. The molecule has 4 rings (SSSR count). The van der Waals surface area contributed by atoms with Crippen LogP contribution in [-0.2, 0) is 19.4 Å². The van der Waals surface area contributed by atoms with Gasteiger partial charge in [0.1, 0.15) is 11.6 Å². The Kier molecular flexibility index (Phi) is 4.20. The maximum absolute atomic E-state index is 13.6. The van der Waals surface area contributed by atoms with Gasteiger partial charge in [-0.25, -0.2) is 4.98 Å². The van der Waals surface area contributed by atoms with Crippen LogP contribution < -0.4 is 16.2 Å². The van der Waals surface area contributed by atoms with E-state index >= 15 is 0 Å². The summed E-state index contributed by atoms with van der Waals surface area (Å²) in [6.45, 7) is 1.57. The number of nitrogens with two attached hydrogens (primary N) is 2. The van der Waals surface area contributed by atoms with Crippen LogP contribution in [0.5, 0.6) is 5.75 Å². The SMILES string of the molecule is NCCn1c(Cc2cc3c(cc2I)CCO3)nc2c(N)nc(F)nc21. The van der Waals surface area contributed by atoms with Crippen LogP contribution in [0.1, 0.15) is 17.0 Å². The number of fused-ring (bicyclic) bond motifs is 2. The van der Waals surface area contributed by atoms with E-state index in [1.54, 1.807) is 4.57 Å².